The third-order valence-electron chi connectivity index (χ3n) is 18.8. The molecule has 111 heavy (non-hydrogen) atoms. The molecule has 10 N–H and O–H groups in total. The van der Waals surface area contributed by atoms with Gasteiger partial charge in [-0.15, -0.1) is 0 Å². The van der Waals surface area contributed by atoms with E-state index in [0.29, 0.717) is 34.4 Å². The Labute approximate surface area is 632 Å². The molecule has 0 unspecified atom stereocenters. The van der Waals surface area contributed by atoms with Crippen LogP contribution in [0.5, 0.6) is 34.9 Å². The van der Waals surface area contributed by atoms with Gasteiger partial charge in [0.05, 0.1) is 40.3 Å². The normalized spacial score (nSPS) is 13.9. The lowest BCUT2D eigenvalue weighted by Crippen LogP contribution is -2.46. The zero-order valence-corrected chi connectivity index (χ0v) is 61.7. The molecule has 11 heterocycles. The Morgan fingerprint density at radius 1 is 0.432 bits per heavy atom. The maximum Gasteiger partial charge on any atom is 0.260 e. The molecule has 35 heteroatoms. The van der Waals surface area contributed by atoms with Crippen molar-refractivity contribution in [2.24, 2.45) is 0 Å². The van der Waals surface area contributed by atoms with E-state index in [1.165, 1.54) is 52.0 Å². The number of likely N-dealkylation sites (N-methyl/N-ethyl adjacent to an activating group) is 2. The largest absolute Gasteiger partial charge is 0.435 e. The molecule has 3 amide bonds. The van der Waals surface area contributed by atoms with Crippen LogP contribution in [0.15, 0.2) is 116 Å². The number of nitrogens with zero attached hydrogens (tertiary/aromatic N) is 13. The van der Waals surface area contributed by atoms with Crippen molar-refractivity contribution in [2.75, 3.05) is 144 Å². The summed E-state index contributed by atoms with van der Waals surface area (Å²) in [7, 11) is 6.40. The molecule has 0 saturated carbocycles. The number of halogens is 6. The molecule has 15 rings (SSSR count). The molecule has 0 atom stereocenters. The van der Waals surface area contributed by atoms with Crippen molar-refractivity contribution >= 4 is 102 Å². The first-order valence-corrected chi connectivity index (χ1v) is 35.5. The smallest absolute Gasteiger partial charge is 0.260 e. The minimum absolute atomic E-state index is 0.0324. The molecule has 0 spiro atoms. The fraction of sp³-hybridized carbons (Fsp3) is 0.276. The maximum atomic E-state index is 15.2. The first-order valence-electron chi connectivity index (χ1n) is 35.5. The molecule has 4 aromatic carbocycles. The number of benzene rings is 4. The standard InChI is InChI=1S/C26H28F2N8O2.C25H26F2N8O2.C25H25F2N7O2/c1-4-35-7-9-36(10-8-35)16-5-6-20(30-13-16)34-24-21(25(37)29-3)26(32-14-31-24)38-19-12-18(27)23-17(22(19)28)11-15(2)33-23;1-14-10-16-21(27)18(11-17(26)22(16)32-14)37-25-20(24(36)28-2)23(30-13-31-25)33-19-5-4-15(12-29-19)35-8-6-34(3)7-9-35;1-14-11-17-21(27)19(12-18(26)22(17)32-14)36-25-20(24(35)28-2)23(30-13-31-25)33-15-3-5-16(6-4-15)34-9-7-29-8-10-34/h5-6,11-14,33H,4,7-10H2,1-3H3,(H,29,37)(H,30,31,32,34);4-5,10-13,32H,6-9H2,1-3H3,(H,28,36)(H,29,30,31,33);3-6,11-13,29,32H,7-10H2,1-2H3,(H,28,35)(H,30,31,33). The van der Waals surface area contributed by atoms with E-state index in [9.17, 15) is 27.6 Å². The van der Waals surface area contributed by atoms with Crippen LogP contribution in [-0.4, -0.2) is 196 Å². The van der Waals surface area contributed by atoms with Crippen LogP contribution in [0, 0.1) is 55.7 Å². The van der Waals surface area contributed by atoms with Crippen molar-refractivity contribution in [3.05, 3.63) is 185 Å². The lowest BCUT2D eigenvalue weighted by atomic mass is 10.2. The van der Waals surface area contributed by atoms with E-state index in [-0.39, 0.29) is 84.5 Å². The molecule has 3 aliphatic heterocycles. The van der Waals surface area contributed by atoms with Gasteiger partial charge in [0.15, 0.2) is 69.6 Å². The summed E-state index contributed by atoms with van der Waals surface area (Å²) in [5.74, 6) is -6.77. The van der Waals surface area contributed by atoms with Crippen molar-refractivity contribution in [2.45, 2.75) is 27.7 Å². The van der Waals surface area contributed by atoms with Crippen LogP contribution in [0.3, 0.4) is 0 Å². The summed E-state index contributed by atoms with van der Waals surface area (Å²) in [6, 6.07) is 22.4. The van der Waals surface area contributed by atoms with Crippen molar-refractivity contribution in [3.8, 4) is 34.9 Å². The molecule has 3 saturated heterocycles. The fourth-order valence-electron chi connectivity index (χ4n) is 12.9. The van der Waals surface area contributed by atoms with E-state index in [2.05, 4.69) is 131 Å². The Hall–Kier alpha value is -12.9. The van der Waals surface area contributed by atoms with Crippen molar-refractivity contribution in [1.82, 2.24) is 85.9 Å². The van der Waals surface area contributed by atoms with Crippen LogP contribution >= 0.6 is 0 Å². The van der Waals surface area contributed by atoms with Crippen LogP contribution in [0.2, 0.25) is 0 Å². The summed E-state index contributed by atoms with van der Waals surface area (Å²) >= 11 is 0. The topological polar surface area (TPSA) is 330 Å². The molecule has 3 fully saturated rings. The number of hydrogen-bond donors (Lipinski definition) is 10. The number of rotatable bonds is 19. The van der Waals surface area contributed by atoms with E-state index < -0.39 is 69.9 Å². The van der Waals surface area contributed by atoms with Crippen molar-refractivity contribution in [1.29, 1.82) is 0 Å². The second-order valence-electron chi connectivity index (χ2n) is 26.2. The highest BCUT2D eigenvalue weighted by molar-refractivity contribution is 6.03. The number of carbonyl (C=O) groups is 3. The average molecular weight is 1520 g/mol. The number of amides is 3. The van der Waals surface area contributed by atoms with Gasteiger partial charge in [0.25, 0.3) is 17.7 Å². The first kappa shape index (κ1) is 76.3. The summed E-state index contributed by atoms with van der Waals surface area (Å²) in [5.41, 5.74) is 5.45. The number of aryl methyl sites for hydroxylation is 3. The predicted molar refractivity (Wildman–Crippen MR) is 409 cm³/mol. The van der Waals surface area contributed by atoms with Crippen LogP contribution in [-0.2, 0) is 0 Å². The number of piperazine rings is 3. The average Bonchev–Trinajstić information content (AvgIpc) is 1.63. The van der Waals surface area contributed by atoms with E-state index in [0.717, 1.165) is 127 Å². The van der Waals surface area contributed by atoms with E-state index in [1.807, 2.05) is 36.4 Å². The number of anilines is 9. The fourth-order valence-corrected chi connectivity index (χ4v) is 12.9. The van der Waals surface area contributed by atoms with Crippen molar-refractivity contribution in [3.63, 3.8) is 0 Å². The van der Waals surface area contributed by atoms with E-state index in [1.54, 1.807) is 45.3 Å². The number of carbonyl (C=O) groups excluding carboxylic acids is 3. The Morgan fingerprint density at radius 2 is 0.784 bits per heavy atom. The SMILES string of the molecule is CCN1CCN(c2ccc(Nc3ncnc(Oc4cc(F)c5[nH]c(C)cc5c4F)c3C(=O)NC)nc2)CC1.CNC(=O)c1c(Nc2ccc(N3CCN(C)CC3)cn2)ncnc1Oc1cc(F)c2[nH]c(C)cc2c1F.CNC(=O)c1c(Nc2ccc(N3CCNCC3)cc2)ncnc1Oc1cc(F)c2[nH]c(C)cc2c1F. The molecule has 8 aromatic heterocycles. The van der Waals surface area contributed by atoms with E-state index in [4.69, 9.17) is 14.2 Å². The number of aromatic nitrogens is 11. The number of pyridine rings is 2. The highest BCUT2D eigenvalue weighted by Gasteiger charge is 2.29. The van der Waals surface area contributed by atoms with Gasteiger partial charge < -0.3 is 90.9 Å². The third kappa shape index (κ3) is 17.0. The zero-order valence-electron chi connectivity index (χ0n) is 61.7. The number of nitrogens with one attached hydrogen (secondary N) is 10. The summed E-state index contributed by atoms with van der Waals surface area (Å²) < 4.78 is 106. The van der Waals surface area contributed by atoms with Gasteiger partial charge in [0.2, 0.25) is 17.6 Å². The van der Waals surface area contributed by atoms with Crippen LogP contribution in [0.4, 0.5) is 78.2 Å². The number of fused-ring (bicyclic) bond motifs is 3. The minimum atomic E-state index is -0.780. The minimum Gasteiger partial charge on any atom is -0.435 e. The lowest BCUT2D eigenvalue weighted by molar-refractivity contribution is 0.0952. The Balaban J connectivity index is 0.000000146. The van der Waals surface area contributed by atoms with Crippen LogP contribution < -0.4 is 66.1 Å². The quantitative estimate of drug-likeness (QED) is 0.0336. The molecule has 0 radical (unpaired) electrons. The van der Waals surface area contributed by atoms with Gasteiger partial charge in [-0.2, -0.15) is 0 Å². The van der Waals surface area contributed by atoms with E-state index >= 15 is 13.2 Å². The predicted octanol–water partition coefficient (Wildman–Crippen LogP) is 11.4. The van der Waals surface area contributed by atoms with Gasteiger partial charge in [-0.05, 0) is 101 Å². The molecular formula is C76H79F6N23O6. The Morgan fingerprint density at radius 3 is 1.14 bits per heavy atom. The summed E-state index contributed by atoms with van der Waals surface area (Å²) in [4.78, 5) is 91.7. The molecule has 0 bridgehead atoms. The van der Waals surface area contributed by atoms with Crippen molar-refractivity contribution < 1.29 is 54.9 Å². The second kappa shape index (κ2) is 33.7. The number of aromatic amines is 3. The summed E-state index contributed by atoms with van der Waals surface area (Å²) in [6.07, 6.45) is 7.02. The molecule has 3 aliphatic rings. The van der Waals surface area contributed by atoms with Crippen LogP contribution in [0.1, 0.15) is 55.1 Å². The molecule has 576 valence electrons. The highest BCUT2D eigenvalue weighted by atomic mass is 19.1. The third-order valence-corrected chi connectivity index (χ3v) is 18.8. The molecule has 0 aliphatic carbocycles. The van der Waals surface area contributed by atoms with Gasteiger partial charge in [0, 0.05) is 162 Å². The molecule has 29 nitrogen and oxygen atoms in total. The van der Waals surface area contributed by atoms with Gasteiger partial charge in [-0.3, -0.25) is 14.4 Å². The number of ether oxygens (including phenoxy) is 3. The van der Waals surface area contributed by atoms with Gasteiger partial charge in [0.1, 0.15) is 47.3 Å². The number of hydrogen-bond acceptors (Lipinski definition) is 23. The maximum absolute atomic E-state index is 15.2. The van der Waals surface area contributed by atoms with Crippen LogP contribution in [0.25, 0.3) is 32.7 Å². The second-order valence-corrected chi connectivity index (χ2v) is 26.2. The monoisotopic (exact) mass is 1520 g/mol. The summed E-state index contributed by atoms with van der Waals surface area (Å²) in [5, 5.41) is 20.1. The molecule has 12 aromatic rings. The van der Waals surface area contributed by atoms with Gasteiger partial charge >= 0.3 is 0 Å². The summed E-state index contributed by atoms with van der Waals surface area (Å²) in [6.45, 7) is 19.6. The van der Waals surface area contributed by atoms with Gasteiger partial charge in [-0.1, -0.05) is 6.92 Å². The lowest BCUT2D eigenvalue weighted by Gasteiger charge is -2.35. The Bertz CT molecular complexity index is 5380. The highest BCUT2D eigenvalue weighted by Crippen LogP contribution is 2.39. The Kier molecular flexibility index (Phi) is 23.2. The van der Waals surface area contributed by atoms with Gasteiger partial charge in [-0.25, -0.2) is 66.2 Å². The zero-order chi connectivity index (χ0) is 78.1. The molecular weight excluding hydrogens is 1440 g/mol. The number of H-pyrrole nitrogens is 3. The first-order chi connectivity index (χ1) is 53.6.